The SMILES string of the molecule is COc1cccn(-c2cccc(CN3C(=O)[C@@](O)([C@@H](C)/C=C/CCn4cc(C(CO)c5ccccc5)nn4)c4cc([N+](=O)[O-])ccc43)c2)c1=O. The van der Waals surface area contributed by atoms with Crippen LogP contribution in [-0.2, 0) is 23.5 Å². The van der Waals surface area contributed by atoms with Crippen molar-refractivity contribution in [1.82, 2.24) is 19.6 Å². The Morgan fingerprint density at radius 2 is 1.84 bits per heavy atom. The van der Waals surface area contributed by atoms with E-state index in [0.717, 1.165) is 5.56 Å². The van der Waals surface area contributed by atoms with Crippen molar-refractivity contribution in [3.63, 3.8) is 0 Å². The molecule has 50 heavy (non-hydrogen) atoms. The second-order valence-electron chi connectivity index (χ2n) is 12.1. The van der Waals surface area contributed by atoms with Crippen LogP contribution in [0.3, 0.4) is 0 Å². The number of amides is 1. The molecule has 0 saturated carbocycles. The molecule has 3 aromatic carbocycles. The number of aliphatic hydroxyl groups is 2. The van der Waals surface area contributed by atoms with Crippen LogP contribution in [-0.4, -0.2) is 54.3 Å². The van der Waals surface area contributed by atoms with Crippen molar-refractivity contribution in [2.75, 3.05) is 18.6 Å². The number of nitrogens with zero attached hydrogens (tertiary/aromatic N) is 6. The van der Waals surface area contributed by atoms with Crippen molar-refractivity contribution in [3.05, 3.63) is 152 Å². The van der Waals surface area contributed by atoms with Gasteiger partial charge in [0, 0.05) is 48.2 Å². The van der Waals surface area contributed by atoms with Gasteiger partial charge in [0.15, 0.2) is 11.4 Å². The topological polar surface area (TPSA) is 166 Å². The molecule has 5 aromatic rings. The Morgan fingerprint density at radius 1 is 1.04 bits per heavy atom. The number of pyridine rings is 1. The summed E-state index contributed by atoms with van der Waals surface area (Å²) in [6.07, 6.45) is 7.44. The highest BCUT2D eigenvalue weighted by Crippen LogP contribution is 2.47. The van der Waals surface area contributed by atoms with Crippen LogP contribution >= 0.6 is 0 Å². The van der Waals surface area contributed by atoms with Gasteiger partial charge in [-0.3, -0.25) is 29.0 Å². The van der Waals surface area contributed by atoms with Crippen LogP contribution in [0.15, 0.2) is 114 Å². The Balaban J connectivity index is 1.22. The maximum Gasteiger partial charge on any atom is 0.297 e. The number of benzene rings is 3. The van der Waals surface area contributed by atoms with Crippen molar-refractivity contribution in [3.8, 4) is 11.4 Å². The summed E-state index contributed by atoms with van der Waals surface area (Å²) in [5.41, 5.74) is 0.634. The Kier molecular flexibility index (Phi) is 9.70. The predicted octanol–water partition coefficient (Wildman–Crippen LogP) is 4.49. The van der Waals surface area contributed by atoms with Crippen molar-refractivity contribution in [1.29, 1.82) is 0 Å². The first-order valence-corrected chi connectivity index (χ1v) is 16.1. The van der Waals surface area contributed by atoms with Crippen molar-refractivity contribution in [2.45, 2.75) is 38.0 Å². The van der Waals surface area contributed by atoms with E-state index in [1.54, 1.807) is 66.5 Å². The van der Waals surface area contributed by atoms with Gasteiger partial charge in [0.1, 0.15) is 0 Å². The molecule has 2 N–H and O–H groups in total. The number of hydrogen-bond donors (Lipinski definition) is 2. The highest BCUT2D eigenvalue weighted by atomic mass is 16.6. The van der Waals surface area contributed by atoms with Gasteiger partial charge in [0.05, 0.1) is 42.5 Å². The molecule has 3 atom stereocenters. The van der Waals surface area contributed by atoms with Gasteiger partial charge in [-0.05, 0) is 47.9 Å². The van der Waals surface area contributed by atoms with E-state index in [1.807, 2.05) is 36.4 Å². The van der Waals surface area contributed by atoms with E-state index < -0.39 is 22.3 Å². The quantitative estimate of drug-likeness (QED) is 0.104. The molecule has 1 amide bonds. The van der Waals surface area contributed by atoms with Gasteiger partial charge in [-0.2, -0.15) is 0 Å². The highest BCUT2D eigenvalue weighted by molar-refractivity contribution is 6.07. The Labute approximate surface area is 287 Å². The Morgan fingerprint density at radius 3 is 2.58 bits per heavy atom. The first-order chi connectivity index (χ1) is 24.1. The molecule has 6 rings (SSSR count). The van der Waals surface area contributed by atoms with E-state index in [2.05, 4.69) is 10.3 Å². The molecule has 0 fully saturated rings. The molecule has 2 aromatic heterocycles. The summed E-state index contributed by atoms with van der Waals surface area (Å²) in [7, 11) is 1.42. The maximum absolute atomic E-state index is 14.1. The van der Waals surface area contributed by atoms with E-state index in [1.165, 1.54) is 34.8 Å². The van der Waals surface area contributed by atoms with Crippen LogP contribution in [0.2, 0.25) is 0 Å². The summed E-state index contributed by atoms with van der Waals surface area (Å²) >= 11 is 0. The molecule has 3 heterocycles. The molecule has 0 radical (unpaired) electrons. The van der Waals surface area contributed by atoms with Crippen LogP contribution in [0.1, 0.15) is 41.6 Å². The largest absolute Gasteiger partial charge is 0.491 e. The molecule has 0 aliphatic carbocycles. The number of rotatable bonds is 13. The number of hydrogen-bond acceptors (Lipinski definition) is 9. The van der Waals surface area contributed by atoms with Crippen LogP contribution in [0, 0.1) is 16.0 Å². The average Bonchev–Trinajstić information content (AvgIpc) is 3.68. The summed E-state index contributed by atoms with van der Waals surface area (Å²) in [6, 6.07) is 23.9. The standard InChI is InChI=1S/C37H36N6O7/c1-25(10-6-7-18-40-23-32(38-39-40)30(24-44)27-12-4-3-5-13-27)37(47)31-21-29(43(48)49)16-17-33(31)42(36(37)46)22-26-11-8-14-28(20-26)41-19-9-15-34(50-2)35(41)45/h3-6,8-17,19-21,23,25,30,44,47H,7,18,22,24H2,1-2H3/b10-6+/t25-,30?,37+/m0/s1. The molecular weight excluding hydrogens is 640 g/mol. The highest BCUT2D eigenvalue weighted by Gasteiger charge is 2.53. The number of non-ortho nitro benzene ring substituents is 1. The van der Waals surface area contributed by atoms with Crippen LogP contribution in [0.25, 0.3) is 5.69 Å². The fourth-order valence-corrected chi connectivity index (χ4v) is 6.31. The van der Waals surface area contributed by atoms with Gasteiger partial charge in [0.25, 0.3) is 17.2 Å². The van der Waals surface area contributed by atoms with Gasteiger partial charge in [-0.15, -0.1) is 5.10 Å². The Bertz CT molecular complexity index is 2110. The lowest BCUT2D eigenvalue weighted by molar-refractivity contribution is -0.385. The predicted molar refractivity (Wildman–Crippen MR) is 185 cm³/mol. The summed E-state index contributed by atoms with van der Waals surface area (Å²) in [6.45, 7) is 2.07. The lowest BCUT2D eigenvalue weighted by atomic mass is 9.82. The lowest BCUT2D eigenvalue weighted by Gasteiger charge is -2.27. The molecular formula is C37H36N6O7. The molecule has 13 heteroatoms. The third-order valence-electron chi connectivity index (χ3n) is 9.03. The van der Waals surface area contributed by atoms with Gasteiger partial charge in [-0.1, -0.05) is 66.8 Å². The minimum Gasteiger partial charge on any atom is -0.491 e. The van der Waals surface area contributed by atoms with Crippen molar-refractivity contribution in [2.24, 2.45) is 5.92 Å². The molecule has 0 saturated heterocycles. The molecule has 13 nitrogen and oxygen atoms in total. The molecule has 0 spiro atoms. The lowest BCUT2D eigenvalue weighted by Crippen LogP contribution is -2.44. The number of carbonyl (C=O) groups is 1. The van der Waals surface area contributed by atoms with E-state index in [-0.39, 0.29) is 41.6 Å². The third kappa shape index (κ3) is 6.43. The second-order valence-corrected chi connectivity index (χ2v) is 12.1. The molecule has 1 aliphatic heterocycles. The Hall–Kier alpha value is -5.92. The third-order valence-corrected chi connectivity index (χ3v) is 9.03. The smallest absolute Gasteiger partial charge is 0.297 e. The monoisotopic (exact) mass is 676 g/mol. The van der Waals surface area contributed by atoms with Gasteiger partial charge in [0.2, 0.25) is 0 Å². The molecule has 1 unspecified atom stereocenters. The summed E-state index contributed by atoms with van der Waals surface area (Å²) in [4.78, 5) is 39.6. The first-order valence-electron chi connectivity index (χ1n) is 16.1. The number of nitro groups is 1. The number of anilines is 1. The van der Waals surface area contributed by atoms with Crippen LogP contribution in [0.5, 0.6) is 5.75 Å². The second kappa shape index (κ2) is 14.3. The van der Waals surface area contributed by atoms with E-state index in [9.17, 15) is 29.9 Å². The molecule has 0 bridgehead atoms. The number of aromatic nitrogens is 4. The van der Waals surface area contributed by atoms with Crippen molar-refractivity contribution < 1.29 is 24.7 Å². The molecule has 256 valence electrons. The number of fused-ring (bicyclic) bond motifs is 1. The van der Waals surface area contributed by atoms with Gasteiger partial charge >= 0.3 is 0 Å². The fraction of sp³-hybridized carbons (Fsp3) is 0.243. The van der Waals surface area contributed by atoms with Gasteiger partial charge < -0.3 is 19.8 Å². The normalized spacial score (nSPS) is 16.8. The number of aliphatic hydroxyl groups excluding tert-OH is 1. The average molecular weight is 677 g/mol. The van der Waals surface area contributed by atoms with Crippen LogP contribution < -0.4 is 15.2 Å². The summed E-state index contributed by atoms with van der Waals surface area (Å²) < 4.78 is 8.27. The first kappa shape index (κ1) is 34.0. The number of aryl methyl sites for hydroxylation is 1. The number of allylic oxidation sites excluding steroid dienone is 1. The zero-order valence-corrected chi connectivity index (χ0v) is 27.5. The number of ether oxygens (including phenoxy) is 1. The molecule has 1 aliphatic rings. The fourth-order valence-electron chi connectivity index (χ4n) is 6.31. The number of methoxy groups -OCH3 is 1. The van der Waals surface area contributed by atoms with E-state index in [0.29, 0.717) is 35.6 Å². The minimum atomic E-state index is -2.08. The van der Waals surface area contributed by atoms with E-state index >= 15 is 0 Å². The zero-order valence-electron chi connectivity index (χ0n) is 27.5. The summed E-state index contributed by atoms with van der Waals surface area (Å²) in [5, 5.41) is 42.2. The minimum absolute atomic E-state index is 0.0431. The number of carbonyl (C=O) groups excluding carboxylic acids is 1. The summed E-state index contributed by atoms with van der Waals surface area (Å²) in [5.74, 6) is -1.50. The van der Waals surface area contributed by atoms with E-state index in [4.69, 9.17) is 4.74 Å². The zero-order chi connectivity index (χ0) is 35.4. The van der Waals surface area contributed by atoms with Gasteiger partial charge in [-0.25, -0.2) is 0 Å². The number of nitro benzene ring substituents is 1. The maximum atomic E-state index is 14.1. The van der Waals surface area contributed by atoms with Crippen LogP contribution in [0.4, 0.5) is 11.4 Å². The van der Waals surface area contributed by atoms with Crippen molar-refractivity contribution >= 4 is 17.3 Å².